The Hall–Kier alpha value is -1.01. The molecule has 0 spiro atoms. The average Bonchev–Trinajstić information content (AvgIpc) is 2.67. The number of rotatable bonds is 1. The van der Waals surface area contributed by atoms with E-state index in [4.69, 9.17) is 4.74 Å². The normalized spacial score (nSPS) is 23.0. The number of hydrogen-bond donors (Lipinski definition) is 1. The zero-order chi connectivity index (χ0) is 10.9. The van der Waals surface area contributed by atoms with Gasteiger partial charge >= 0.3 is 0 Å². The van der Waals surface area contributed by atoms with Crippen molar-refractivity contribution < 1.29 is 4.74 Å². The van der Waals surface area contributed by atoms with Gasteiger partial charge in [0.15, 0.2) is 0 Å². The molecule has 0 saturated carbocycles. The van der Waals surface area contributed by atoms with Crippen molar-refractivity contribution in [2.45, 2.75) is 32.4 Å². The van der Waals surface area contributed by atoms with Crippen molar-refractivity contribution in [1.29, 1.82) is 0 Å². The summed E-state index contributed by atoms with van der Waals surface area (Å²) in [5.41, 5.74) is -0.132. The minimum absolute atomic E-state index is 0.0603. The van der Waals surface area contributed by atoms with Crippen LogP contribution in [0.4, 0.5) is 0 Å². The quantitative estimate of drug-likeness (QED) is 0.713. The largest absolute Gasteiger partial charge is 0.367 e. The highest BCUT2D eigenvalue weighted by Gasteiger charge is 2.23. The highest BCUT2D eigenvalue weighted by molar-refractivity contribution is 4.89. The first kappa shape index (κ1) is 10.5. The predicted octanol–water partition coefficient (Wildman–Crippen LogP) is 0.0890. The van der Waals surface area contributed by atoms with Gasteiger partial charge in [0.25, 0.3) is 0 Å². The van der Waals surface area contributed by atoms with E-state index in [1.165, 1.54) is 0 Å². The number of nitrogens with zero attached hydrogens (tertiary/aromatic N) is 4. The monoisotopic (exact) mass is 211 g/mol. The molecule has 6 nitrogen and oxygen atoms in total. The Morgan fingerprint density at radius 3 is 2.80 bits per heavy atom. The van der Waals surface area contributed by atoms with Gasteiger partial charge in [-0.15, -0.1) is 10.2 Å². The van der Waals surface area contributed by atoms with Crippen LogP contribution >= 0.6 is 0 Å². The summed E-state index contributed by atoms with van der Waals surface area (Å²) in [6.07, 6.45) is -0.0603. The summed E-state index contributed by atoms with van der Waals surface area (Å²) in [5.74, 6) is 0.664. The molecule has 6 heteroatoms. The maximum Gasteiger partial charge on any atom is 0.204 e. The van der Waals surface area contributed by atoms with E-state index in [1.54, 1.807) is 4.80 Å². The molecule has 1 atom stereocenters. The topological polar surface area (TPSA) is 64.9 Å². The molecular formula is C9H17N5O. The number of hydrogen-bond acceptors (Lipinski definition) is 5. The van der Waals surface area contributed by atoms with Crippen LogP contribution in [-0.2, 0) is 10.3 Å². The van der Waals surface area contributed by atoms with Gasteiger partial charge in [0, 0.05) is 13.1 Å². The summed E-state index contributed by atoms with van der Waals surface area (Å²) in [4.78, 5) is 1.63. The van der Waals surface area contributed by atoms with E-state index in [0.29, 0.717) is 12.4 Å². The van der Waals surface area contributed by atoms with Crippen molar-refractivity contribution in [2.24, 2.45) is 0 Å². The summed E-state index contributed by atoms with van der Waals surface area (Å²) < 4.78 is 5.55. The second-order valence-electron chi connectivity index (χ2n) is 4.67. The van der Waals surface area contributed by atoms with E-state index >= 15 is 0 Å². The van der Waals surface area contributed by atoms with Crippen molar-refractivity contribution in [3.63, 3.8) is 0 Å². The van der Waals surface area contributed by atoms with Crippen LogP contribution in [0.5, 0.6) is 0 Å². The van der Waals surface area contributed by atoms with E-state index in [9.17, 15) is 0 Å². The number of ether oxygens (including phenoxy) is 1. The number of aromatic nitrogens is 4. The van der Waals surface area contributed by atoms with Crippen LogP contribution in [0.1, 0.15) is 32.7 Å². The predicted molar refractivity (Wildman–Crippen MR) is 54.4 cm³/mol. The van der Waals surface area contributed by atoms with Crippen LogP contribution in [0.3, 0.4) is 0 Å². The van der Waals surface area contributed by atoms with Crippen LogP contribution in [0.2, 0.25) is 0 Å². The molecule has 1 saturated heterocycles. The van der Waals surface area contributed by atoms with E-state index < -0.39 is 0 Å². The third-order valence-electron chi connectivity index (χ3n) is 2.24. The van der Waals surface area contributed by atoms with E-state index in [-0.39, 0.29) is 11.6 Å². The Bertz CT molecular complexity index is 323. The molecule has 15 heavy (non-hydrogen) atoms. The third kappa shape index (κ3) is 2.32. The highest BCUT2D eigenvalue weighted by Crippen LogP contribution is 2.15. The zero-order valence-electron chi connectivity index (χ0n) is 9.40. The van der Waals surface area contributed by atoms with E-state index in [2.05, 4.69) is 20.7 Å². The van der Waals surface area contributed by atoms with Gasteiger partial charge in [0.1, 0.15) is 6.10 Å². The first-order chi connectivity index (χ1) is 7.07. The first-order valence-corrected chi connectivity index (χ1v) is 5.20. The van der Waals surface area contributed by atoms with Gasteiger partial charge < -0.3 is 10.1 Å². The number of nitrogens with one attached hydrogen (secondary N) is 1. The Labute approximate surface area is 89.0 Å². The molecule has 0 radical (unpaired) electrons. The standard InChI is InChI=1S/C9H17N5O/c1-9(2,3)14-12-8(11-13-14)7-6-10-4-5-15-7/h7,10H,4-6H2,1-3H3. The summed E-state index contributed by atoms with van der Waals surface area (Å²) in [5, 5.41) is 15.6. The van der Waals surface area contributed by atoms with Gasteiger partial charge in [-0.1, -0.05) is 0 Å². The summed E-state index contributed by atoms with van der Waals surface area (Å²) in [6, 6.07) is 0. The Morgan fingerprint density at radius 2 is 2.27 bits per heavy atom. The van der Waals surface area contributed by atoms with Gasteiger partial charge in [-0.3, -0.25) is 0 Å². The van der Waals surface area contributed by atoms with Gasteiger partial charge in [-0.05, 0) is 26.0 Å². The lowest BCUT2D eigenvalue weighted by molar-refractivity contribution is 0.0217. The summed E-state index contributed by atoms with van der Waals surface area (Å²) in [6.45, 7) is 8.48. The van der Waals surface area contributed by atoms with Gasteiger partial charge in [-0.25, -0.2) is 0 Å². The molecule has 0 aromatic carbocycles. The fourth-order valence-electron chi connectivity index (χ4n) is 1.37. The zero-order valence-corrected chi connectivity index (χ0v) is 9.40. The number of tetrazole rings is 1. The highest BCUT2D eigenvalue weighted by atomic mass is 16.5. The van der Waals surface area contributed by atoms with Crippen LogP contribution in [0.25, 0.3) is 0 Å². The lowest BCUT2D eigenvalue weighted by atomic mass is 10.1. The first-order valence-electron chi connectivity index (χ1n) is 5.20. The second kappa shape index (κ2) is 3.86. The van der Waals surface area contributed by atoms with Crippen LogP contribution in [0, 0.1) is 0 Å². The lowest BCUT2D eigenvalue weighted by Crippen LogP contribution is -2.34. The lowest BCUT2D eigenvalue weighted by Gasteiger charge is -2.21. The number of morpholine rings is 1. The van der Waals surface area contributed by atoms with Crippen molar-refractivity contribution in [3.05, 3.63) is 5.82 Å². The molecule has 0 bridgehead atoms. The molecule has 1 N–H and O–H groups in total. The van der Waals surface area contributed by atoms with Gasteiger partial charge in [0.05, 0.1) is 12.1 Å². The molecule has 1 aromatic heterocycles. The molecule has 1 aliphatic heterocycles. The average molecular weight is 211 g/mol. The minimum atomic E-state index is -0.132. The molecule has 1 fully saturated rings. The van der Waals surface area contributed by atoms with E-state index in [0.717, 1.165) is 13.1 Å². The Balaban J connectivity index is 2.12. The molecule has 2 heterocycles. The summed E-state index contributed by atoms with van der Waals surface area (Å²) >= 11 is 0. The van der Waals surface area contributed by atoms with Crippen LogP contribution in [-0.4, -0.2) is 39.9 Å². The van der Waals surface area contributed by atoms with Gasteiger partial charge in [0.2, 0.25) is 5.82 Å². The third-order valence-corrected chi connectivity index (χ3v) is 2.24. The fraction of sp³-hybridized carbons (Fsp3) is 0.889. The Kier molecular flexibility index (Phi) is 2.70. The smallest absolute Gasteiger partial charge is 0.204 e. The maximum atomic E-state index is 5.55. The molecule has 1 aliphatic rings. The maximum absolute atomic E-state index is 5.55. The summed E-state index contributed by atoms with van der Waals surface area (Å²) in [7, 11) is 0. The molecule has 0 amide bonds. The van der Waals surface area contributed by atoms with Gasteiger partial charge in [-0.2, -0.15) is 4.80 Å². The van der Waals surface area contributed by atoms with Crippen molar-refractivity contribution in [2.75, 3.05) is 19.7 Å². The van der Waals surface area contributed by atoms with Crippen molar-refractivity contribution in [3.8, 4) is 0 Å². The molecular weight excluding hydrogens is 194 g/mol. The minimum Gasteiger partial charge on any atom is -0.367 e. The van der Waals surface area contributed by atoms with Crippen LogP contribution < -0.4 is 5.32 Å². The SMILES string of the molecule is CC(C)(C)n1nnc(C2CNCCO2)n1. The van der Waals surface area contributed by atoms with Crippen molar-refractivity contribution >= 4 is 0 Å². The molecule has 1 unspecified atom stereocenters. The second-order valence-corrected chi connectivity index (χ2v) is 4.67. The molecule has 1 aromatic rings. The molecule has 0 aliphatic carbocycles. The van der Waals surface area contributed by atoms with Crippen molar-refractivity contribution in [1.82, 2.24) is 25.5 Å². The Morgan fingerprint density at radius 1 is 1.47 bits per heavy atom. The molecule has 84 valence electrons. The fourth-order valence-corrected chi connectivity index (χ4v) is 1.37. The molecule has 2 rings (SSSR count). The van der Waals surface area contributed by atoms with E-state index in [1.807, 2.05) is 20.8 Å². The van der Waals surface area contributed by atoms with Crippen LogP contribution in [0.15, 0.2) is 0 Å².